The van der Waals surface area contributed by atoms with E-state index in [9.17, 15) is 19.5 Å². The zero-order valence-electron chi connectivity index (χ0n) is 14.1. The van der Waals surface area contributed by atoms with Crippen LogP contribution in [0, 0.1) is 0 Å². The van der Waals surface area contributed by atoms with E-state index in [1.165, 1.54) is 0 Å². The highest BCUT2D eigenvalue weighted by molar-refractivity contribution is 5.98. The normalized spacial score (nSPS) is 14.3. The molecule has 1 fully saturated rings. The molecule has 1 aliphatic rings. The van der Waals surface area contributed by atoms with E-state index in [0.29, 0.717) is 30.5 Å². The Morgan fingerprint density at radius 3 is 2.00 bits per heavy atom. The van der Waals surface area contributed by atoms with Crippen LogP contribution < -0.4 is 0 Å². The van der Waals surface area contributed by atoms with Crippen LogP contribution in [0.15, 0.2) is 60.7 Å². The number of amides is 2. The maximum absolute atomic E-state index is 12.7. The first-order chi connectivity index (χ1) is 12.5. The van der Waals surface area contributed by atoms with Crippen LogP contribution in [0.25, 0.3) is 0 Å². The van der Waals surface area contributed by atoms with Gasteiger partial charge in [0.15, 0.2) is 6.61 Å². The van der Waals surface area contributed by atoms with Crippen molar-refractivity contribution in [2.75, 3.05) is 13.2 Å². The summed E-state index contributed by atoms with van der Waals surface area (Å²) in [6, 6.07) is 16.8. The van der Waals surface area contributed by atoms with Crippen molar-refractivity contribution in [3.8, 4) is 0 Å². The molecule has 1 aliphatic heterocycles. The summed E-state index contributed by atoms with van der Waals surface area (Å²) in [5.41, 5.74) is -1.38. The third-order valence-corrected chi connectivity index (χ3v) is 4.38. The second-order valence-electron chi connectivity index (χ2n) is 6.06. The molecule has 6 heteroatoms. The molecule has 1 N–H and O–H groups in total. The van der Waals surface area contributed by atoms with Gasteiger partial charge in [0.1, 0.15) is 0 Å². The molecule has 0 bridgehead atoms. The smallest absolute Gasteiger partial charge is 0.348 e. The van der Waals surface area contributed by atoms with Gasteiger partial charge in [-0.05, 0) is 17.5 Å². The van der Waals surface area contributed by atoms with E-state index in [-0.39, 0.29) is 5.91 Å². The summed E-state index contributed by atoms with van der Waals surface area (Å²) in [7, 11) is 0. The minimum atomic E-state index is -2.04. The summed E-state index contributed by atoms with van der Waals surface area (Å²) in [5.74, 6) is -1.81. The predicted molar refractivity (Wildman–Crippen MR) is 92.8 cm³/mol. The van der Waals surface area contributed by atoms with Crippen molar-refractivity contribution in [1.29, 1.82) is 0 Å². The maximum atomic E-state index is 12.7. The van der Waals surface area contributed by atoms with Gasteiger partial charge in [-0.25, -0.2) is 4.79 Å². The zero-order chi connectivity index (χ0) is 18.6. The van der Waals surface area contributed by atoms with Crippen molar-refractivity contribution in [3.63, 3.8) is 0 Å². The molecule has 1 saturated heterocycles. The van der Waals surface area contributed by atoms with Gasteiger partial charge in [0.05, 0.1) is 0 Å². The average Bonchev–Trinajstić information content (AvgIpc) is 3.12. The van der Waals surface area contributed by atoms with Gasteiger partial charge < -0.3 is 9.84 Å². The van der Waals surface area contributed by atoms with Crippen LogP contribution in [0.3, 0.4) is 0 Å². The number of esters is 1. The first kappa shape index (κ1) is 17.8. The van der Waals surface area contributed by atoms with Crippen LogP contribution in [0.4, 0.5) is 0 Å². The number of likely N-dealkylation sites (tertiary alicyclic amines) is 1. The third-order valence-electron chi connectivity index (χ3n) is 4.38. The van der Waals surface area contributed by atoms with Crippen LogP contribution in [-0.2, 0) is 24.7 Å². The first-order valence-electron chi connectivity index (χ1n) is 8.37. The molecule has 2 amide bonds. The van der Waals surface area contributed by atoms with E-state index in [0.717, 1.165) is 4.90 Å². The number of rotatable bonds is 5. The standard InChI is InChI=1S/C20H19NO5/c22-17-12-7-13-21(17)18(23)14-26-19(24)20(25,15-8-3-1-4-9-15)16-10-5-2-6-11-16/h1-6,8-11,25H,7,12-14H2. The van der Waals surface area contributed by atoms with Crippen LogP contribution >= 0.6 is 0 Å². The number of nitrogens with zero attached hydrogens (tertiary/aromatic N) is 1. The van der Waals surface area contributed by atoms with E-state index in [4.69, 9.17) is 4.74 Å². The molecule has 3 rings (SSSR count). The molecule has 134 valence electrons. The fourth-order valence-electron chi connectivity index (χ4n) is 2.98. The van der Waals surface area contributed by atoms with Crippen molar-refractivity contribution in [2.45, 2.75) is 18.4 Å². The topological polar surface area (TPSA) is 83.9 Å². The summed E-state index contributed by atoms with van der Waals surface area (Å²) >= 11 is 0. The van der Waals surface area contributed by atoms with Crippen LogP contribution in [-0.4, -0.2) is 40.9 Å². The Morgan fingerprint density at radius 2 is 1.54 bits per heavy atom. The molecule has 0 atom stereocenters. The highest BCUT2D eigenvalue weighted by Crippen LogP contribution is 2.31. The lowest BCUT2D eigenvalue weighted by Gasteiger charge is -2.27. The third kappa shape index (κ3) is 3.36. The molecular weight excluding hydrogens is 334 g/mol. The Balaban J connectivity index is 1.82. The van der Waals surface area contributed by atoms with E-state index >= 15 is 0 Å². The highest BCUT2D eigenvalue weighted by atomic mass is 16.6. The molecule has 1 heterocycles. The van der Waals surface area contributed by atoms with E-state index in [1.807, 2.05) is 0 Å². The average molecular weight is 353 g/mol. The van der Waals surface area contributed by atoms with Crippen molar-refractivity contribution >= 4 is 17.8 Å². The number of carbonyl (C=O) groups is 3. The van der Waals surface area contributed by atoms with Crippen molar-refractivity contribution in [2.24, 2.45) is 0 Å². The molecule has 2 aromatic carbocycles. The van der Waals surface area contributed by atoms with Crippen LogP contribution in [0.2, 0.25) is 0 Å². The fourth-order valence-corrected chi connectivity index (χ4v) is 2.98. The molecule has 0 aromatic heterocycles. The molecule has 0 spiro atoms. The minimum absolute atomic E-state index is 0.271. The Bertz CT molecular complexity index is 764. The number of benzene rings is 2. The largest absolute Gasteiger partial charge is 0.453 e. The maximum Gasteiger partial charge on any atom is 0.348 e. The number of aliphatic hydroxyl groups is 1. The van der Waals surface area contributed by atoms with Crippen molar-refractivity contribution < 1.29 is 24.2 Å². The molecule has 6 nitrogen and oxygen atoms in total. The van der Waals surface area contributed by atoms with Gasteiger partial charge in [-0.1, -0.05) is 60.7 Å². The van der Waals surface area contributed by atoms with E-state index in [2.05, 4.69) is 0 Å². The lowest BCUT2D eigenvalue weighted by molar-refractivity contribution is -0.167. The van der Waals surface area contributed by atoms with Gasteiger partial charge in [-0.2, -0.15) is 0 Å². The van der Waals surface area contributed by atoms with Crippen LogP contribution in [0.1, 0.15) is 24.0 Å². The van der Waals surface area contributed by atoms with Gasteiger partial charge in [0.2, 0.25) is 11.5 Å². The lowest BCUT2D eigenvalue weighted by atomic mass is 9.86. The summed E-state index contributed by atoms with van der Waals surface area (Å²) in [6.07, 6.45) is 0.925. The number of imide groups is 1. The Kier molecular flexibility index (Phi) is 5.14. The molecule has 0 saturated carbocycles. The minimum Gasteiger partial charge on any atom is -0.453 e. The SMILES string of the molecule is O=C1CCCN1C(=O)COC(=O)C(O)(c1ccccc1)c1ccccc1. The number of hydrogen-bond acceptors (Lipinski definition) is 5. The fraction of sp³-hybridized carbons (Fsp3) is 0.250. The van der Waals surface area contributed by atoms with Crippen LogP contribution in [0.5, 0.6) is 0 Å². The molecular formula is C20H19NO5. The van der Waals surface area contributed by atoms with Gasteiger partial charge in [0.25, 0.3) is 5.91 Å². The molecule has 0 aliphatic carbocycles. The summed E-state index contributed by atoms with van der Waals surface area (Å²) < 4.78 is 5.11. The Hall–Kier alpha value is -2.99. The quantitative estimate of drug-likeness (QED) is 0.826. The van der Waals surface area contributed by atoms with Gasteiger partial charge in [-0.3, -0.25) is 14.5 Å². The van der Waals surface area contributed by atoms with Gasteiger partial charge in [0, 0.05) is 13.0 Å². The Labute approximate surface area is 151 Å². The number of carbonyl (C=O) groups excluding carboxylic acids is 3. The summed E-state index contributed by atoms with van der Waals surface area (Å²) in [4.78, 5) is 37.5. The molecule has 2 aromatic rings. The number of hydrogen-bond donors (Lipinski definition) is 1. The molecule has 26 heavy (non-hydrogen) atoms. The number of ether oxygens (including phenoxy) is 1. The van der Waals surface area contributed by atoms with Gasteiger partial charge >= 0.3 is 5.97 Å². The first-order valence-corrected chi connectivity index (χ1v) is 8.37. The lowest BCUT2D eigenvalue weighted by Crippen LogP contribution is -2.41. The summed E-state index contributed by atoms with van der Waals surface area (Å²) in [5, 5.41) is 11.2. The Morgan fingerprint density at radius 1 is 1.00 bits per heavy atom. The highest BCUT2D eigenvalue weighted by Gasteiger charge is 2.42. The second kappa shape index (κ2) is 7.49. The van der Waals surface area contributed by atoms with E-state index in [1.54, 1.807) is 60.7 Å². The molecule has 0 unspecified atom stereocenters. The zero-order valence-corrected chi connectivity index (χ0v) is 14.1. The summed E-state index contributed by atoms with van der Waals surface area (Å²) in [6.45, 7) is -0.261. The second-order valence-corrected chi connectivity index (χ2v) is 6.06. The molecule has 0 radical (unpaired) electrons. The monoisotopic (exact) mass is 353 g/mol. The van der Waals surface area contributed by atoms with Crippen molar-refractivity contribution in [1.82, 2.24) is 4.90 Å². The predicted octanol–water partition coefficient (Wildman–Crippen LogP) is 1.61. The van der Waals surface area contributed by atoms with Crippen molar-refractivity contribution in [3.05, 3.63) is 71.8 Å². The van der Waals surface area contributed by atoms with E-state index < -0.39 is 24.1 Å². The van der Waals surface area contributed by atoms with Gasteiger partial charge in [-0.15, -0.1) is 0 Å².